The summed E-state index contributed by atoms with van der Waals surface area (Å²) in [5.74, 6) is -4.16. The van der Waals surface area contributed by atoms with Crippen molar-refractivity contribution in [3.05, 3.63) is 60.2 Å². The number of piperazine rings is 1. The number of aliphatic hydroxyl groups is 1. The zero-order valence-electron chi connectivity index (χ0n) is 26.9. The number of anilines is 2. The van der Waals surface area contributed by atoms with Gasteiger partial charge in [0.05, 0.1) is 5.69 Å². The Morgan fingerprint density at radius 2 is 1.33 bits per heavy atom. The van der Waals surface area contributed by atoms with Crippen molar-refractivity contribution < 1.29 is 34.5 Å². The normalized spacial score (nSPS) is 16.3. The molecule has 2 heterocycles. The van der Waals surface area contributed by atoms with Crippen LogP contribution in [0, 0.1) is 5.92 Å². The topological polar surface area (TPSA) is 142 Å². The number of nitrogens with zero attached hydrogens (tertiary/aromatic N) is 4. The van der Waals surface area contributed by atoms with Gasteiger partial charge in [0.1, 0.15) is 5.92 Å². The second-order valence-corrected chi connectivity index (χ2v) is 11.4. The Morgan fingerprint density at radius 3 is 1.96 bits per heavy atom. The molecule has 11 nitrogen and oxygen atoms in total. The molecular weight excluding hydrogens is 576 g/mol. The lowest BCUT2D eigenvalue weighted by Gasteiger charge is -2.36. The number of carboxylic acids is 2. The van der Waals surface area contributed by atoms with Crippen molar-refractivity contribution in [3.8, 4) is 0 Å². The standard InChI is InChI=1S/C31H44N4O2.C2H2O4.CH4O/c1-32(2)19-13-21-35-29-18-11-10-16-27(29)30(36)28(31(35)37)17-9-4-3-5-12-20-33-22-24-34(25-23-33)26-14-7-6-8-15-26;3-1(4)2(5)6;1-2/h6-8,10-11,14-16,18,28H,3-5,9,12-13,17,19-25H2,1-2H3;(H,3,4)(H,5,6);2H,1H3. The molecule has 1 amide bonds. The Hall–Kier alpha value is -3.80. The van der Waals surface area contributed by atoms with Crippen LogP contribution in [0.25, 0.3) is 0 Å². The number of amides is 1. The van der Waals surface area contributed by atoms with E-state index in [0.717, 1.165) is 64.8 Å². The van der Waals surface area contributed by atoms with E-state index < -0.39 is 17.9 Å². The summed E-state index contributed by atoms with van der Waals surface area (Å²) < 4.78 is 0. The summed E-state index contributed by atoms with van der Waals surface area (Å²) in [6.45, 7) is 7.22. The number of aliphatic carboxylic acids is 2. The summed E-state index contributed by atoms with van der Waals surface area (Å²) >= 11 is 0. The van der Waals surface area contributed by atoms with Crippen LogP contribution in [0.4, 0.5) is 11.4 Å². The Balaban J connectivity index is 0.000000790. The quantitative estimate of drug-likeness (QED) is 0.171. The van der Waals surface area contributed by atoms with Crippen LogP contribution in [0.5, 0.6) is 0 Å². The van der Waals surface area contributed by atoms with Crippen LogP contribution in [0.1, 0.15) is 55.3 Å². The lowest BCUT2D eigenvalue weighted by molar-refractivity contribution is -0.159. The van der Waals surface area contributed by atoms with Gasteiger partial charge in [-0.2, -0.15) is 0 Å². The number of unbranched alkanes of at least 4 members (excludes halogenated alkanes) is 4. The summed E-state index contributed by atoms with van der Waals surface area (Å²) in [6.07, 6.45) is 7.19. The number of hydrogen-bond acceptors (Lipinski definition) is 8. The number of carboxylic acid groups (broad SMARTS) is 2. The maximum atomic E-state index is 13.3. The van der Waals surface area contributed by atoms with Gasteiger partial charge < -0.3 is 30.0 Å². The van der Waals surface area contributed by atoms with Crippen molar-refractivity contribution in [3.63, 3.8) is 0 Å². The molecule has 0 radical (unpaired) electrons. The van der Waals surface area contributed by atoms with E-state index in [4.69, 9.17) is 24.9 Å². The second-order valence-electron chi connectivity index (χ2n) is 11.4. The van der Waals surface area contributed by atoms with Gasteiger partial charge in [0.15, 0.2) is 5.78 Å². The molecule has 0 saturated carbocycles. The lowest BCUT2D eigenvalue weighted by atomic mass is 9.86. The van der Waals surface area contributed by atoms with Crippen molar-refractivity contribution in [2.75, 3.05) is 76.8 Å². The number of rotatable bonds is 13. The molecule has 2 aromatic rings. The van der Waals surface area contributed by atoms with E-state index in [-0.39, 0.29) is 11.7 Å². The van der Waals surface area contributed by atoms with Gasteiger partial charge in [-0.05, 0) is 70.7 Å². The first-order chi connectivity index (χ1) is 21.7. The zero-order valence-corrected chi connectivity index (χ0v) is 26.9. The second kappa shape index (κ2) is 20.3. The van der Waals surface area contributed by atoms with E-state index in [0.29, 0.717) is 18.5 Å². The Kier molecular flexibility index (Phi) is 16.8. The maximum Gasteiger partial charge on any atom is 0.414 e. The average molecular weight is 627 g/mol. The third-order valence-corrected chi connectivity index (χ3v) is 7.97. The van der Waals surface area contributed by atoms with Gasteiger partial charge in [-0.15, -0.1) is 0 Å². The SMILES string of the molecule is CN(C)CCCN1C(=O)C(CCCCCCCN2CCN(c3ccccc3)CC2)C(=O)c2ccccc21.CO.O=C(O)C(=O)O. The van der Waals surface area contributed by atoms with Gasteiger partial charge >= 0.3 is 11.9 Å². The van der Waals surface area contributed by atoms with Gasteiger partial charge in [0, 0.05) is 51.1 Å². The summed E-state index contributed by atoms with van der Waals surface area (Å²) in [7, 11) is 5.09. The molecule has 0 bridgehead atoms. The van der Waals surface area contributed by atoms with Crippen molar-refractivity contribution in [2.45, 2.75) is 44.9 Å². The van der Waals surface area contributed by atoms with Crippen molar-refractivity contribution >= 4 is 35.0 Å². The van der Waals surface area contributed by atoms with Crippen LogP contribution in [-0.2, 0) is 14.4 Å². The number of benzene rings is 2. The predicted octanol–water partition coefficient (Wildman–Crippen LogP) is 3.71. The van der Waals surface area contributed by atoms with Crippen LogP contribution < -0.4 is 9.80 Å². The number of carbonyl (C=O) groups is 4. The molecule has 4 rings (SSSR count). The van der Waals surface area contributed by atoms with Crippen LogP contribution in [0.15, 0.2) is 54.6 Å². The fraction of sp³-hybridized carbons (Fsp3) is 0.529. The molecule has 2 aromatic carbocycles. The number of fused-ring (bicyclic) bond motifs is 1. The van der Waals surface area contributed by atoms with Crippen LogP contribution in [0.2, 0.25) is 0 Å². The molecule has 248 valence electrons. The molecule has 0 spiro atoms. The van der Waals surface area contributed by atoms with Crippen LogP contribution in [-0.4, -0.2) is 116 Å². The highest BCUT2D eigenvalue weighted by Gasteiger charge is 2.38. The Labute approximate surface area is 267 Å². The highest BCUT2D eigenvalue weighted by molar-refractivity contribution is 6.27. The zero-order chi connectivity index (χ0) is 33.2. The molecule has 11 heteroatoms. The van der Waals surface area contributed by atoms with Gasteiger partial charge in [0.25, 0.3) is 0 Å². The van der Waals surface area contributed by atoms with Crippen molar-refractivity contribution in [2.24, 2.45) is 5.92 Å². The molecule has 1 unspecified atom stereocenters. The first kappa shape index (κ1) is 37.4. The number of hydrogen-bond donors (Lipinski definition) is 3. The van der Waals surface area contributed by atoms with E-state index >= 15 is 0 Å². The maximum absolute atomic E-state index is 13.3. The molecule has 2 aliphatic rings. The van der Waals surface area contributed by atoms with Gasteiger partial charge in [-0.25, -0.2) is 9.59 Å². The number of ketones is 1. The minimum absolute atomic E-state index is 0.00268. The molecule has 1 atom stereocenters. The van der Waals surface area contributed by atoms with Crippen molar-refractivity contribution in [1.82, 2.24) is 9.80 Å². The highest BCUT2D eigenvalue weighted by atomic mass is 16.4. The first-order valence-corrected chi connectivity index (χ1v) is 15.7. The van der Waals surface area contributed by atoms with E-state index in [1.165, 1.54) is 31.5 Å². The van der Waals surface area contributed by atoms with Crippen LogP contribution in [0.3, 0.4) is 0 Å². The molecule has 0 aromatic heterocycles. The number of carbonyl (C=O) groups excluding carboxylic acids is 2. The third kappa shape index (κ3) is 12.3. The molecule has 1 saturated heterocycles. The van der Waals surface area contributed by atoms with Gasteiger partial charge in [0.2, 0.25) is 5.91 Å². The third-order valence-electron chi connectivity index (χ3n) is 7.97. The van der Waals surface area contributed by atoms with E-state index in [1.54, 1.807) is 0 Å². The van der Waals surface area contributed by atoms with Crippen LogP contribution >= 0.6 is 0 Å². The van der Waals surface area contributed by atoms with E-state index in [1.807, 2.05) is 43.3 Å². The lowest BCUT2D eigenvalue weighted by Crippen LogP contribution is -2.46. The molecule has 45 heavy (non-hydrogen) atoms. The minimum Gasteiger partial charge on any atom is -0.473 e. The fourth-order valence-corrected chi connectivity index (χ4v) is 5.64. The minimum atomic E-state index is -1.82. The molecule has 2 aliphatic heterocycles. The predicted molar refractivity (Wildman–Crippen MR) is 176 cm³/mol. The first-order valence-electron chi connectivity index (χ1n) is 15.7. The average Bonchev–Trinajstić information content (AvgIpc) is 3.05. The molecule has 3 N–H and O–H groups in total. The summed E-state index contributed by atoms with van der Waals surface area (Å²) in [4.78, 5) is 53.7. The molecular formula is C34H50N4O7. The highest BCUT2D eigenvalue weighted by Crippen LogP contribution is 2.33. The number of Topliss-reactive ketones (excluding diaryl/α,β-unsaturated/α-hetero) is 1. The molecule has 1 fully saturated rings. The van der Waals surface area contributed by atoms with Gasteiger partial charge in [-0.1, -0.05) is 56.0 Å². The van der Waals surface area contributed by atoms with Crippen molar-refractivity contribution in [1.29, 1.82) is 0 Å². The fourth-order valence-electron chi connectivity index (χ4n) is 5.64. The number of para-hydroxylation sites is 2. The number of aliphatic hydroxyl groups excluding tert-OH is 1. The summed E-state index contributed by atoms with van der Waals surface area (Å²) in [6, 6.07) is 18.3. The Bertz CT molecular complexity index is 1190. The largest absolute Gasteiger partial charge is 0.473 e. The van der Waals surface area contributed by atoms with E-state index in [9.17, 15) is 9.59 Å². The van der Waals surface area contributed by atoms with E-state index in [2.05, 4.69) is 45.0 Å². The van der Waals surface area contributed by atoms with Gasteiger partial charge in [-0.3, -0.25) is 14.5 Å². The summed E-state index contributed by atoms with van der Waals surface area (Å²) in [5, 5.41) is 21.8. The molecule has 0 aliphatic carbocycles. The monoisotopic (exact) mass is 626 g/mol. The smallest absolute Gasteiger partial charge is 0.414 e. The Morgan fingerprint density at radius 1 is 0.756 bits per heavy atom. The summed E-state index contributed by atoms with van der Waals surface area (Å²) in [5.41, 5.74) is 2.83.